The van der Waals surface area contributed by atoms with Crippen LogP contribution in [-0.2, 0) is 5.41 Å². The molecular formula is C24H27ClN4O. The van der Waals surface area contributed by atoms with Crippen LogP contribution in [0.15, 0.2) is 41.2 Å². The van der Waals surface area contributed by atoms with Gasteiger partial charge in [-0.2, -0.15) is 4.98 Å². The molecule has 0 aliphatic carbocycles. The van der Waals surface area contributed by atoms with E-state index in [2.05, 4.69) is 46.5 Å². The van der Waals surface area contributed by atoms with Crippen LogP contribution in [0.25, 0.3) is 16.6 Å². The maximum absolute atomic E-state index is 12.8. The van der Waals surface area contributed by atoms with Gasteiger partial charge in [0.25, 0.3) is 5.56 Å². The second kappa shape index (κ2) is 7.19. The zero-order valence-corrected chi connectivity index (χ0v) is 18.2. The SMILES string of the molecule is CC1(C)c2ccc(C3CCN(CCN)CC3)cc2-n2c1nc(=O)c1c(Cl)cccc12. The molecule has 1 fully saturated rings. The van der Waals surface area contributed by atoms with Crippen molar-refractivity contribution in [2.24, 2.45) is 5.73 Å². The predicted octanol–water partition coefficient (Wildman–Crippen LogP) is 3.82. The van der Waals surface area contributed by atoms with Gasteiger partial charge in [-0.1, -0.05) is 29.8 Å². The van der Waals surface area contributed by atoms with Crippen molar-refractivity contribution in [2.45, 2.75) is 38.0 Å². The van der Waals surface area contributed by atoms with Crippen LogP contribution in [0.3, 0.4) is 0 Å². The molecule has 2 aliphatic rings. The van der Waals surface area contributed by atoms with Gasteiger partial charge in [-0.25, -0.2) is 0 Å². The Bertz CT molecular complexity index is 1190. The third-order valence-electron chi connectivity index (χ3n) is 6.86. The van der Waals surface area contributed by atoms with Gasteiger partial charge in [0.1, 0.15) is 5.82 Å². The van der Waals surface area contributed by atoms with Crippen LogP contribution in [0, 0.1) is 0 Å². The Morgan fingerprint density at radius 3 is 2.70 bits per heavy atom. The van der Waals surface area contributed by atoms with Crippen molar-refractivity contribution in [1.29, 1.82) is 0 Å². The van der Waals surface area contributed by atoms with Gasteiger partial charge in [-0.15, -0.1) is 0 Å². The Hall–Kier alpha value is -2.21. The van der Waals surface area contributed by atoms with E-state index in [0.29, 0.717) is 16.3 Å². The molecule has 2 aliphatic heterocycles. The van der Waals surface area contributed by atoms with E-state index in [-0.39, 0.29) is 11.0 Å². The van der Waals surface area contributed by atoms with Crippen LogP contribution in [-0.4, -0.2) is 40.6 Å². The Kier molecular flexibility index (Phi) is 4.73. The van der Waals surface area contributed by atoms with Crippen LogP contribution in [0.4, 0.5) is 0 Å². The van der Waals surface area contributed by atoms with Crippen LogP contribution >= 0.6 is 11.6 Å². The fourth-order valence-electron chi connectivity index (χ4n) is 5.20. The number of hydrogen-bond acceptors (Lipinski definition) is 4. The summed E-state index contributed by atoms with van der Waals surface area (Å²) in [7, 11) is 0. The number of halogens is 1. The first-order chi connectivity index (χ1) is 14.4. The number of nitrogens with zero attached hydrogens (tertiary/aromatic N) is 3. The summed E-state index contributed by atoms with van der Waals surface area (Å²) in [4.78, 5) is 19.7. The average Bonchev–Trinajstić information content (AvgIpc) is 2.95. The lowest BCUT2D eigenvalue weighted by Gasteiger charge is -2.32. The van der Waals surface area contributed by atoms with Gasteiger partial charge in [0, 0.05) is 13.1 Å². The Morgan fingerprint density at radius 1 is 1.20 bits per heavy atom. The number of rotatable bonds is 3. The number of piperidine rings is 1. The fraction of sp³-hybridized carbons (Fsp3) is 0.417. The first-order valence-electron chi connectivity index (χ1n) is 10.7. The first kappa shape index (κ1) is 19.7. The molecule has 3 aromatic rings. The van der Waals surface area contributed by atoms with Gasteiger partial charge in [-0.3, -0.25) is 9.36 Å². The van der Waals surface area contributed by atoms with Crippen molar-refractivity contribution in [3.63, 3.8) is 0 Å². The standard InChI is InChI=1S/C24H27ClN4O/c1-24(2)17-7-6-16(15-8-11-28(12-9-15)13-10-26)14-20(17)29-19-5-3-4-18(25)21(19)22(30)27-23(24)29/h3-7,14-15H,8-13,26H2,1-2H3. The maximum Gasteiger partial charge on any atom is 0.282 e. The molecule has 0 atom stereocenters. The molecule has 0 bridgehead atoms. The molecule has 6 heteroatoms. The van der Waals surface area contributed by atoms with E-state index in [1.165, 1.54) is 11.1 Å². The largest absolute Gasteiger partial charge is 0.329 e. The summed E-state index contributed by atoms with van der Waals surface area (Å²) in [6.07, 6.45) is 2.29. The summed E-state index contributed by atoms with van der Waals surface area (Å²) >= 11 is 6.39. The highest BCUT2D eigenvalue weighted by Crippen LogP contribution is 2.44. The molecule has 5 rings (SSSR count). The molecule has 2 N–H and O–H groups in total. The number of benzene rings is 2. The quantitative estimate of drug-likeness (QED) is 0.697. The third kappa shape index (κ3) is 2.91. The second-order valence-corrected chi connectivity index (χ2v) is 9.42. The molecule has 0 radical (unpaired) electrons. The molecule has 5 nitrogen and oxygen atoms in total. The van der Waals surface area contributed by atoms with Crippen molar-refractivity contribution < 1.29 is 0 Å². The van der Waals surface area contributed by atoms with Gasteiger partial charge in [0.2, 0.25) is 0 Å². The van der Waals surface area contributed by atoms with Crippen LogP contribution in [0.5, 0.6) is 0 Å². The van der Waals surface area contributed by atoms with Crippen molar-refractivity contribution >= 4 is 22.5 Å². The Morgan fingerprint density at radius 2 is 1.97 bits per heavy atom. The molecule has 30 heavy (non-hydrogen) atoms. The summed E-state index contributed by atoms with van der Waals surface area (Å²) in [6, 6.07) is 12.4. The Balaban J connectivity index is 1.64. The lowest BCUT2D eigenvalue weighted by atomic mass is 9.83. The number of aromatic nitrogens is 2. The number of fused-ring (bicyclic) bond motifs is 5. The topological polar surface area (TPSA) is 64.2 Å². The van der Waals surface area contributed by atoms with Crippen molar-refractivity contribution in [3.05, 3.63) is 68.7 Å². The van der Waals surface area contributed by atoms with Crippen molar-refractivity contribution in [1.82, 2.24) is 14.5 Å². The van der Waals surface area contributed by atoms with E-state index in [1.54, 1.807) is 6.07 Å². The highest BCUT2D eigenvalue weighted by atomic mass is 35.5. The van der Waals surface area contributed by atoms with E-state index >= 15 is 0 Å². The van der Waals surface area contributed by atoms with Gasteiger partial charge in [0.15, 0.2) is 0 Å². The summed E-state index contributed by atoms with van der Waals surface area (Å²) in [5, 5.41) is 0.946. The summed E-state index contributed by atoms with van der Waals surface area (Å²) in [5.74, 6) is 1.32. The zero-order chi connectivity index (χ0) is 21.0. The highest BCUT2D eigenvalue weighted by Gasteiger charge is 2.39. The number of nitrogens with two attached hydrogens (primary N) is 1. The summed E-state index contributed by atoms with van der Waals surface area (Å²) in [6.45, 7) is 8.15. The van der Waals surface area contributed by atoms with Gasteiger partial charge in [-0.05, 0) is 75.0 Å². The minimum atomic E-state index is -0.339. The molecular weight excluding hydrogens is 396 g/mol. The number of hydrogen-bond donors (Lipinski definition) is 1. The molecule has 0 unspecified atom stereocenters. The smallest absolute Gasteiger partial charge is 0.282 e. The molecule has 1 saturated heterocycles. The third-order valence-corrected chi connectivity index (χ3v) is 7.18. The van der Waals surface area contributed by atoms with Gasteiger partial charge in [0.05, 0.1) is 27.0 Å². The van der Waals surface area contributed by atoms with Crippen LogP contribution < -0.4 is 11.3 Å². The monoisotopic (exact) mass is 422 g/mol. The van der Waals surface area contributed by atoms with E-state index in [0.717, 1.165) is 56.0 Å². The predicted molar refractivity (Wildman–Crippen MR) is 122 cm³/mol. The van der Waals surface area contributed by atoms with Gasteiger partial charge >= 0.3 is 0 Å². The first-order valence-corrected chi connectivity index (χ1v) is 11.1. The molecule has 3 heterocycles. The summed E-state index contributed by atoms with van der Waals surface area (Å²) in [5.41, 5.74) is 9.64. The molecule has 156 valence electrons. The lowest BCUT2D eigenvalue weighted by molar-refractivity contribution is 0.218. The molecule has 2 aromatic carbocycles. The van der Waals surface area contributed by atoms with Crippen LogP contribution in [0.2, 0.25) is 5.02 Å². The van der Waals surface area contributed by atoms with Crippen molar-refractivity contribution in [3.8, 4) is 5.69 Å². The minimum absolute atomic E-state index is 0.254. The molecule has 0 spiro atoms. The zero-order valence-electron chi connectivity index (χ0n) is 17.5. The van der Waals surface area contributed by atoms with Crippen LogP contribution in [0.1, 0.15) is 49.6 Å². The molecule has 0 amide bonds. The fourth-order valence-corrected chi connectivity index (χ4v) is 5.45. The van der Waals surface area contributed by atoms with E-state index in [9.17, 15) is 4.79 Å². The highest BCUT2D eigenvalue weighted by molar-refractivity contribution is 6.35. The molecule has 0 saturated carbocycles. The van der Waals surface area contributed by atoms with Crippen molar-refractivity contribution in [2.75, 3.05) is 26.2 Å². The maximum atomic E-state index is 12.8. The normalized spacial score (nSPS) is 18.5. The van der Waals surface area contributed by atoms with E-state index < -0.39 is 0 Å². The van der Waals surface area contributed by atoms with E-state index in [4.69, 9.17) is 17.3 Å². The minimum Gasteiger partial charge on any atom is -0.329 e. The number of likely N-dealkylation sites (tertiary alicyclic amines) is 1. The lowest BCUT2D eigenvalue weighted by Crippen LogP contribution is -2.36. The Labute approximate surface area is 181 Å². The molecule has 1 aromatic heterocycles. The van der Waals surface area contributed by atoms with E-state index in [1.807, 2.05) is 12.1 Å². The van der Waals surface area contributed by atoms with Gasteiger partial charge < -0.3 is 10.6 Å². The summed E-state index contributed by atoms with van der Waals surface area (Å²) < 4.78 is 2.14. The second-order valence-electron chi connectivity index (χ2n) is 9.02. The average molecular weight is 423 g/mol.